The van der Waals surface area contributed by atoms with Crippen molar-refractivity contribution in [3.63, 3.8) is 0 Å². The zero-order valence-electron chi connectivity index (χ0n) is 19.5. The molecule has 0 aliphatic rings. The molecule has 0 spiro atoms. The molecule has 31 heavy (non-hydrogen) atoms. The molecule has 1 heterocycles. The number of benzene rings is 1. The summed E-state index contributed by atoms with van der Waals surface area (Å²) in [4.78, 5) is 29.2. The van der Waals surface area contributed by atoms with Crippen LogP contribution in [0.2, 0.25) is 0 Å². The van der Waals surface area contributed by atoms with Crippen molar-refractivity contribution in [1.82, 2.24) is 9.80 Å². The van der Waals surface area contributed by atoms with E-state index in [1.807, 2.05) is 47.1 Å². The van der Waals surface area contributed by atoms with Gasteiger partial charge in [0.2, 0.25) is 5.91 Å². The van der Waals surface area contributed by atoms with E-state index >= 15 is 0 Å². The Morgan fingerprint density at radius 2 is 1.74 bits per heavy atom. The van der Waals surface area contributed by atoms with Gasteiger partial charge in [0.15, 0.2) is 0 Å². The monoisotopic (exact) mass is 428 g/mol. The van der Waals surface area contributed by atoms with Gasteiger partial charge in [0.05, 0.1) is 20.2 Å². The van der Waals surface area contributed by atoms with Crippen LogP contribution in [0.3, 0.4) is 0 Å². The van der Waals surface area contributed by atoms with E-state index in [9.17, 15) is 9.59 Å². The fourth-order valence-electron chi connectivity index (χ4n) is 3.39. The number of ether oxygens (including phenoxy) is 1. The Kier molecular flexibility index (Phi) is 9.79. The van der Waals surface area contributed by atoms with E-state index in [1.165, 1.54) is 12.7 Å². The van der Waals surface area contributed by atoms with Gasteiger partial charge in [-0.1, -0.05) is 44.2 Å². The third kappa shape index (κ3) is 8.21. The molecule has 0 saturated heterocycles. The van der Waals surface area contributed by atoms with Crippen LogP contribution in [0.1, 0.15) is 44.3 Å². The Labute approximate surface area is 186 Å². The Morgan fingerprint density at radius 1 is 1.03 bits per heavy atom. The number of amides is 1. The average molecular weight is 429 g/mol. The molecule has 2 rings (SSSR count). The highest BCUT2D eigenvalue weighted by molar-refractivity contribution is 5.80. The summed E-state index contributed by atoms with van der Waals surface area (Å²) in [6.07, 6.45) is 1.65. The zero-order valence-corrected chi connectivity index (χ0v) is 19.5. The summed E-state index contributed by atoms with van der Waals surface area (Å²) in [6.45, 7) is 9.76. The summed E-state index contributed by atoms with van der Waals surface area (Å²) in [7, 11) is 1.38. The molecular weight excluding hydrogens is 392 g/mol. The molecule has 1 aromatic carbocycles. The molecule has 1 aromatic heterocycles. The van der Waals surface area contributed by atoms with Crippen LogP contribution in [0, 0.1) is 12.8 Å². The van der Waals surface area contributed by atoms with Crippen LogP contribution >= 0.6 is 0 Å². The summed E-state index contributed by atoms with van der Waals surface area (Å²) in [5.74, 6) is 1.71. The molecule has 6 heteroatoms. The minimum Gasteiger partial charge on any atom is -0.468 e. The van der Waals surface area contributed by atoms with Crippen molar-refractivity contribution in [3.05, 3.63) is 59.5 Å². The summed E-state index contributed by atoms with van der Waals surface area (Å²) in [6, 6.07) is 13.5. The lowest BCUT2D eigenvalue weighted by Crippen LogP contribution is -2.47. The van der Waals surface area contributed by atoms with Crippen LogP contribution in [-0.4, -0.2) is 54.5 Å². The molecule has 0 fully saturated rings. The minimum absolute atomic E-state index is 0.0236. The predicted molar refractivity (Wildman–Crippen MR) is 122 cm³/mol. The van der Waals surface area contributed by atoms with Crippen molar-refractivity contribution >= 4 is 11.9 Å². The molecule has 0 N–H and O–H groups in total. The fourth-order valence-corrected chi connectivity index (χ4v) is 3.39. The maximum Gasteiger partial charge on any atom is 0.322 e. The first-order chi connectivity index (χ1) is 14.8. The molecular formula is C25H36N2O4. The van der Waals surface area contributed by atoms with Crippen LogP contribution < -0.4 is 0 Å². The lowest BCUT2D eigenvalue weighted by Gasteiger charge is -2.30. The van der Waals surface area contributed by atoms with E-state index in [0.29, 0.717) is 25.6 Å². The van der Waals surface area contributed by atoms with Gasteiger partial charge in [0.25, 0.3) is 0 Å². The Morgan fingerprint density at radius 3 is 2.32 bits per heavy atom. The van der Waals surface area contributed by atoms with E-state index in [-0.39, 0.29) is 18.4 Å². The van der Waals surface area contributed by atoms with Gasteiger partial charge in [-0.3, -0.25) is 14.5 Å². The van der Waals surface area contributed by atoms with Crippen molar-refractivity contribution in [3.8, 4) is 0 Å². The molecule has 2 aromatic rings. The molecule has 0 bridgehead atoms. The van der Waals surface area contributed by atoms with E-state index < -0.39 is 6.04 Å². The van der Waals surface area contributed by atoms with E-state index in [1.54, 1.807) is 6.92 Å². The normalized spacial score (nSPS) is 12.2. The van der Waals surface area contributed by atoms with Crippen LogP contribution in [0.5, 0.6) is 0 Å². The van der Waals surface area contributed by atoms with Gasteiger partial charge in [-0.05, 0) is 56.8 Å². The molecule has 0 aliphatic carbocycles. The first kappa shape index (κ1) is 24.7. The number of methoxy groups -OCH3 is 1. The third-order valence-corrected chi connectivity index (χ3v) is 5.43. The highest BCUT2D eigenvalue weighted by Gasteiger charge is 2.26. The molecule has 0 radical (unpaired) electrons. The van der Waals surface area contributed by atoms with Gasteiger partial charge in [0, 0.05) is 6.54 Å². The van der Waals surface area contributed by atoms with Gasteiger partial charge in [-0.2, -0.15) is 0 Å². The Hall–Kier alpha value is -2.60. The SMILES string of the molecule is COC(=O)[C@H](C)N(CCC(C)C)CC(=O)N(CCc1ccccc1)Cc1ccc(C)o1. The van der Waals surface area contributed by atoms with Gasteiger partial charge in [-0.25, -0.2) is 0 Å². The number of furan rings is 1. The number of nitrogens with zero attached hydrogens (tertiary/aromatic N) is 2. The quantitative estimate of drug-likeness (QED) is 0.477. The third-order valence-electron chi connectivity index (χ3n) is 5.43. The van der Waals surface area contributed by atoms with Gasteiger partial charge < -0.3 is 14.1 Å². The lowest BCUT2D eigenvalue weighted by atomic mass is 10.1. The van der Waals surface area contributed by atoms with Crippen molar-refractivity contribution in [2.75, 3.05) is 26.7 Å². The van der Waals surface area contributed by atoms with Gasteiger partial charge >= 0.3 is 5.97 Å². The maximum absolute atomic E-state index is 13.3. The van der Waals surface area contributed by atoms with E-state index in [0.717, 1.165) is 24.4 Å². The molecule has 6 nitrogen and oxygen atoms in total. The minimum atomic E-state index is -0.477. The van der Waals surface area contributed by atoms with Crippen molar-refractivity contribution in [1.29, 1.82) is 0 Å². The van der Waals surface area contributed by atoms with Crippen LogP contribution in [0.15, 0.2) is 46.9 Å². The Balaban J connectivity index is 2.13. The molecule has 170 valence electrons. The molecule has 0 saturated carbocycles. The summed E-state index contributed by atoms with van der Waals surface area (Å²) in [5.41, 5.74) is 1.18. The number of rotatable bonds is 12. The van der Waals surface area contributed by atoms with Crippen LogP contribution in [-0.2, 0) is 27.3 Å². The first-order valence-corrected chi connectivity index (χ1v) is 11.0. The van der Waals surface area contributed by atoms with Crippen LogP contribution in [0.4, 0.5) is 0 Å². The summed E-state index contributed by atoms with van der Waals surface area (Å²) in [5, 5.41) is 0. The lowest BCUT2D eigenvalue weighted by molar-refractivity contribution is -0.147. The number of carbonyl (C=O) groups excluding carboxylic acids is 2. The summed E-state index contributed by atoms with van der Waals surface area (Å²) >= 11 is 0. The molecule has 1 atom stereocenters. The van der Waals surface area contributed by atoms with E-state index in [4.69, 9.17) is 9.15 Å². The van der Waals surface area contributed by atoms with Gasteiger partial charge in [0.1, 0.15) is 17.6 Å². The second-order valence-corrected chi connectivity index (χ2v) is 8.42. The number of aryl methyl sites for hydroxylation is 1. The zero-order chi connectivity index (χ0) is 22.8. The highest BCUT2D eigenvalue weighted by Crippen LogP contribution is 2.13. The number of hydrogen-bond acceptors (Lipinski definition) is 5. The van der Waals surface area contributed by atoms with Crippen molar-refractivity contribution < 1.29 is 18.7 Å². The fraction of sp³-hybridized carbons (Fsp3) is 0.520. The molecule has 0 aliphatic heterocycles. The Bertz CT molecular complexity index is 816. The predicted octanol–water partition coefficient (Wildman–Crippen LogP) is 4.07. The van der Waals surface area contributed by atoms with Crippen molar-refractivity contribution in [2.24, 2.45) is 5.92 Å². The van der Waals surface area contributed by atoms with Crippen LogP contribution in [0.25, 0.3) is 0 Å². The topological polar surface area (TPSA) is 63.0 Å². The van der Waals surface area contributed by atoms with Crippen molar-refractivity contribution in [2.45, 2.75) is 53.1 Å². The van der Waals surface area contributed by atoms with E-state index in [2.05, 4.69) is 26.0 Å². The second-order valence-electron chi connectivity index (χ2n) is 8.42. The summed E-state index contributed by atoms with van der Waals surface area (Å²) < 4.78 is 10.6. The maximum atomic E-state index is 13.3. The molecule has 0 unspecified atom stereocenters. The molecule has 1 amide bonds. The standard InChI is InChI=1S/C25H36N2O4/c1-19(2)13-15-26(21(4)25(29)30-5)18-24(28)27(17-23-12-11-20(3)31-23)16-14-22-9-7-6-8-10-22/h6-12,19,21H,13-18H2,1-5H3/t21-/m0/s1. The average Bonchev–Trinajstić information content (AvgIpc) is 3.17. The number of hydrogen-bond donors (Lipinski definition) is 0. The van der Waals surface area contributed by atoms with Gasteiger partial charge in [-0.15, -0.1) is 0 Å². The first-order valence-electron chi connectivity index (χ1n) is 11.0. The number of carbonyl (C=O) groups is 2. The largest absolute Gasteiger partial charge is 0.468 e. The highest BCUT2D eigenvalue weighted by atomic mass is 16.5. The second kappa shape index (κ2) is 12.3. The smallest absolute Gasteiger partial charge is 0.322 e. The number of esters is 1.